The molecule has 0 unspecified atom stereocenters. The smallest absolute Gasteiger partial charge is 0.219 e. The van der Waals surface area contributed by atoms with Crippen LogP contribution < -0.4 is 10.1 Å². The van der Waals surface area contributed by atoms with Crippen molar-refractivity contribution in [3.05, 3.63) is 28.8 Å². The Labute approximate surface area is 101 Å². The molecule has 0 fully saturated rings. The van der Waals surface area contributed by atoms with Crippen molar-refractivity contribution in [3.63, 3.8) is 0 Å². The number of halogens is 1. The highest BCUT2D eigenvalue weighted by atomic mass is 35.5. The van der Waals surface area contributed by atoms with E-state index in [2.05, 4.69) is 5.32 Å². The highest BCUT2D eigenvalue weighted by molar-refractivity contribution is 6.32. The van der Waals surface area contributed by atoms with E-state index in [4.69, 9.17) is 16.3 Å². The van der Waals surface area contributed by atoms with Gasteiger partial charge in [0.2, 0.25) is 5.91 Å². The van der Waals surface area contributed by atoms with Crippen LogP contribution in [0.3, 0.4) is 0 Å². The van der Waals surface area contributed by atoms with E-state index in [-0.39, 0.29) is 5.91 Å². The van der Waals surface area contributed by atoms with Crippen LogP contribution in [-0.2, 0) is 11.2 Å². The van der Waals surface area contributed by atoms with Crippen molar-refractivity contribution < 1.29 is 9.53 Å². The van der Waals surface area contributed by atoms with Crippen molar-refractivity contribution in [1.82, 2.24) is 5.32 Å². The molecule has 0 heterocycles. The number of amides is 1. The second kappa shape index (κ2) is 6.38. The van der Waals surface area contributed by atoms with E-state index in [1.165, 1.54) is 0 Å². The fraction of sp³-hybridized carbons (Fsp3) is 0.417. The summed E-state index contributed by atoms with van der Waals surface area (Å²) >= 11 is 5.91. The van der Waals surface area contributed by atoms with Crippen molar-refractivity contribution in [2.45, 2.75) is 19.8 Å². The number of methoxy groups -OCH3 is 1. The normalized spacial score (nSPS) is 9.94. The molecule has 0 radical (unpaired) electrons. The zero-order valence-corrected chi connectivity index (χ0v) is 10.3. The molecule has 0 saturated heterocycles. The van der Waals surface area contributed by atoms with Gasteiger partial charge >= 0.3 is 0 Å². The average molecular weight is 242 g/mol. The van der Waals surface area contributed by atoms with Crippen molar-refractivity contribution in [2.24, 2.45) is 0 Å². The molecule has 88 valence electrons. The molecule has 1 rings (SSSR count). The third-order valence-corrected chi connectivity index (χ3v) is 2.58. The van der Waals surface area contributed by atoms with Gasteiger partial charge in [-0.1, -0.05) is 24.6 Å². The van der Waals surface area contributed by atoms with E-state index in [1.807, 2.05) is 19.1 Å². The minimum atomic E-state index is 0.0703. The molecule has 1 aromatic carbocycles. The molecule has 0 spiro atoms. The Morgan fingerprint density at radius 3 is 2.88 bits per heavy atom. The number of nitrogens with one attached hydrogen (secondary N) is 1. The van der Waals surface area contributed by atoms with E-state index < -0.39 is 0 Å². The molecule has 1 amide bonds. The first-order chi connectivity index (χ1) is 7.67. The Morgan fingerprint density at radius 2 is 2.25 bits per heavy atom. The van der Waals surface area contributed by atoms with Crippen LogP contribution in [-0.4, -0.2) is 19.6 Å². The van der Waals surface area contributed by atoms with Crippen LogP contribution in [0.1, 0.15) is 18.9 Å². The van der Waals surface area contributed by atoms with Gasteiger partial charge in [0.25, 0.3) is 0 Å². The summed E-state index contributed by atoms with van der Waals surface area (Å²) in [6, 6.07) is 5.63. The predicted octanol–water partition coefficient (Wildman–Crippen LogP) is 2.42. The van der Waals surface area contributed by atoms with Gasteiger partial charge in [-0.05, 0) is 24.1 Å². The third kappa shape index (κ3) is 3.74. The molecule has 16 heavy (non-hydrogen) atoms. The highest BCUT2D eigenvalue weighted by Crippen LogP contribution is 2.24. The number of carbonyl (C=O) groups excluding carboxylic acids is 1. The van der Waals surface area contributed by atoms with Crippen LogP contribution >= 0.6 is 11.6 Å². The van der Waals surface area contributed by atoms with E-state index in [1.54, 1.807) is 13.2 Å². The molecule has 0 aliphatic heterocycles. The molecule has 1 N–H and O–H groups in total. The largest absolute Gasteiger partial charge is 0.495 e. The summed E-state index contributed by atoms with van der Waals surface area (Å²) in [5.74, 6) is 0.738. The summed E-state index contributed by atoms with van der Waals surface area (Å²) in [6.45, 7) is 2.47. The standard InChI is InChI=1S/C12H16ClNO2/c1-3-12(15)14-7-6-9-4-5-10(13)11(8-9)16-2/h4-5,8H,3,6-7H2,1-2H3,(H,14,15). The summed E-state index contributed by atoms with van der Waals surface area (Å²) in [7, 11) is 1.59. The third-order valence-electron chi connectivity index (χ3n) is 2.27. The van der Waals surface area contributed by atoms with Crippen molar-refractivity contribution in [1.29, 1.82) is 0 Å². The van der Waals surface area contributed by atoms with Gasteiger partial charge in [-0.2, -0.15) is 0 Å². The molecule has 0 aliphatic carbocycles. The van der Waals surface area contributed by atoms with Gasteiger partial charge in [-0.3, -0.25) is 4.79 Å². The summed E-state index contributed by atoms with van der Waals surface area (Å²) < 4.78 is 5.11. The lowest BCUT2D eigenvalue weighted by molar-refractivity contribution is -0.120. The zero-order chi connectivity index (χ0) is 12.0. The molecule has 0 saturated carbocycles. The van der Waals surface area contributed by atoms with Gasteiger partial charge in [-0.15, -0.1) is 0 Å². The van der Waals surface area contributed by atoms with Crippen LogP contribution in [0.4, 0.5) is 0 Å². The van der Waals surface area contributed by atoms with Crippen molar-refractivity contribution in [2.75, 3.05) is 13.7 Å². The van der Waals surface area contributed by atoms with Gasteiger partial charge in [-0.25, -0.2) is 0 Å². The first-order valence-corrected chi connectivity index (χ1v) is 5.64. The summed E-state index contributed by atoms with van der Waals surface area (Å²) in [6.07, 6.45) is 1.29. The van der Waals surface area contributed by atoms with E-state index in [0.717, 1.165) is 12.0 Å². The fourth-order valence-electron chi connectivity index (χ4n) is 1.33. The Kier molecular flexibility index (Phi) is 5.12. The van der Waals surface area contributed by atoms with Gasteiger partial charge in [0, 0.05) is 13.0 Å². The summed E-state index contributed by atoms with van der Waals surface area (Å²) in [4.78, 5) is 11.0. The topological polar surface area (TPSA) is 38.3 Å². The van der Waals surface area contributed by atoms with Crippen LogP contribution in [0, 0.1) is 0 Å². The quantitative estimate of drug-likeness (QED) is 0.860. The van der Waals surface area contributed by atoms with Crippen LogP contribution in [0.5, 0.6) is 5.75 Å². The Bertz CT molecular complexity index is 366. The van der Waals surface area contributed by atoms with Gasteiger partial charge in [0.1, 0.15) is 5.75 Å². The maximum absolute atomic E-state index is 11.0. The second-order valence-electron chi connectivity index (χ2n) is 3.42. The lowest BCUT2D eigenvalue weighted by Crippen LogP contribution is -2.24. The van der Waals surface area contributed by atoms with Crippen LogP contribution in [0.25, 0.3) is 0 Å². The van der Waals surface area contributed by atoms with Crippen LogP contribution in [0.15, 0.2) is 18.2 Å². The van der Waals surface area contributed by atoms with Crippen LogP contribution in [0.2, 0.25) is 5.02 Å². The predicted molar refractivity (Wildman–Crippen MR) is 65.0 cm³/mol. The number of rotatable bonds is 5. The molecule has 4 heteroatoms. The monoisotopic (exact) mass is 241 g/mol. The first-order valence-electron chi connectivity index (χ1n) is 5.26. The number of benzene rings is 1. The minimum Gasteiger partial charge on any atom is -0.495 e. The molecule has 3 nitrogen and oxygen atoms in total. The number of hydrogen-bond acceptors (Lipinski definition) is 2. The van der Waals surface area contributed by atoms with Crippen molar-refractivity contribution >= 4 is 17.5 Å². The molecule has 0 aliphatic rings. The zero-order valence-electron chi connectivity index (χ0n) is 9.55. The average Bonchev–Trinajstić information content (AvgIpc) is 2.31. The molecular weight excluding hydrogens is 226 g/mol. The Balaban J connectivity index is 2.51. The SMILES string of the molecule is CCC(=O)NCCc1ccc(Cl)c(OC)c1. The highest BCUT2D eigenvalue weighted by Gasteiger charge is 2.02. The maximum Gasteiger partial charge on any atom is 0.219 e. The fourth-order valence-corrected chi connectivity index (χ4v) is 1.53. The number of hydrogen-bond donors (Lipinski definition) is 1. The Morgan fingerprint density at radius 1 is 1.50 bits per heavy atom. The Hall–Kier alpha value is -1.22. The molecule has 0 aromatic heterocycles. The maximum atomic E-state index is 11.0. The minimum absolute atomic E-state index is 0.0703. The van der Waals surface area contributed by atoms with Gasteiger partial charge < -0.3 is 10.1 Å². The van der Waals surface area contributed by atoms with E-state index in [9.17, 15) is 4.79 Å². The molecule has 1 aromatic rings. The summed E-state index contributed by atoms with van der Waals surface area (Å²) in [5, 5.41) is 3.42. The van der Waals surface area contributed by atoms with E-state index >= 15 is 0 Å². The lowest BCUT2D eigenvalue weighted by Gasteiger charge is -2.07. The molecular formula is C12H16ClNO2. The lowest BCUT2D eigenvalue weighted by atomic mass is 10.1. The van der Waals surface area contributed by atoms with Gasteiger partial charge in [0.15, 0.2) is 0 Å². The second-order valence-corrected chi connectivity index (χ2v) is 3.83. The van der Waals surface area contributed by atoms with E-state index in [0.29, 0.717) is 23.7 Å². The first kappa shape index (κ1) is 12.8. The van der Waals surface area contributed by atoms with Crippen molar-refractivity contribution in [3.8, 4) is 5.75 Å². The number of carbonyl (C=O) groups is 1. The summed E-state index contributed by atoms with van der Waals surface area (Å²) in [5.41, 5.74) is 1.10. The molecule has 0 bridgehead atoms. The number of ether oxygens (including phenoxy) is 1. The van der Waals surface area contributed by atoms with Gasteiger partial charge in [0.05, 0.1) is 12.1 Å². The molecule has 0 atom stereocenters.